The van der Waals surface area contributed by atoms with Gasteiger partial charge in [-0.3, -0.25) is 0 Å². The van der Waals surface area contributed by atoms with E-state index in [1.165, 1.54) is 0 Å². The maximum Gasteiger partial charge on any atom is 0.229 e. The number of nitrogens with zero attached hydrogens (tertiary/aromatic N) is 5. The Kier molecular flexibility index (Phi) is 10.7. The van der Waals surface area contributed by atoms with E-state index in [9.17, 15) is 0 Å². The van der Waals surface area contributed by atoms with Crippen LogP contribution in [0.25, 0.3) is 0 Å². The molecule has 0 fully saturated rings. The lowest BCUT2D eigenvalue weighted by atomic mass is 10.4. The number of thiocarbonyl (C=S) groups is 1. The molecule has 154 valence electrons. The summed E-state index contributed by atoms with van der Waals surface area (Å²) < 4.78 is 0. The molecule has 0 aliphatic heterocycles. The van der Waals surface area contributed by atoms with Crippen LogP contribution in [0.2, 0.25) is 0 Å². The fraction of sp³-hybridized carbons (Fsp3) is 0.722. The second-order valence-corrected chi connectivity index (χ2v) is 6.72. The van der Waals surface area contributed by atoms with Crippen molar-refractivity contribution in [1.82, 2.24) is 20.2 Å². The summed E-state index contributed by atoms with van der Waals surface area (Å²) in [5.74, 6) is 2.61. The van der Waals surface area contributed by atoms with Crippen LogP contribution in [0.4, 0.5) is 17.6 Å². The van der Waals surface area contributed by atoms with Crippen LogP contribution in [0.3, 0.4) is 0 Å². The van der Waals surface area contributed by atoms with Crippen molar-refractivity contribution in [2.75, 3.05) is 74.5 Å². The molecule has 0 unspecified atom stereocenters. The molecule has 1 rings (SSSR count). The zero-order valence-electron chi connectivity index (χ0n) is 17.5. The number of hydrogen-bond acceptors (Lipinski definition) is 7. The van der Waals surface area contributed by atoms with E-state index in [1.54, 1.807) is 0 Å². The molecule has 8 nitrogen and oxygen atoms in total. The molecule has 0 atom stereocenters. The van der Waals surface area contributed by atoms with Crippen LogP contribution >= 0.6 is 12.2 Å². The normalized spacial score (nSPS) is 10.7. The third-order valence-electron chi connectivity index (χ3n) is 4.43. The Morgan fingerprint density at radius 2 is 1.59 bits per heavy atom. The average Bonchev–Trinajstić information content (AvgIpc) is 2.63. The first-order valence-electron chi connectivity index (χ1n) is 9.79. The zero-order valence-corrected chi connectivity index (χ0v) is 18.3. The van der Waals surface area contributed by atoms with Gasteiger partial charge in [-0.25, -0.2) is 0 Å². The Hall–Kier alpha value is -1.87. The van der Waals surface area contributed by atoms with Crippen molar-refractivity contribution in [2.24, 2.45) is 5.73 Å². The molecular formula is C18H36N8S. The molecule has 9 heteroatoms. The molecule has 1 aromatic heterocycles. The smallest absolute Gasteiger partial charge is 0.229 e. The fourth-order valence-electron chi connectivity index (χ4n) is 2.73. The van der Waals surface area contributed by atoms with Crippen LogP contribution in [0.5, 0.6) is 0 Å². The van der Waals surface area contributed by atoms with E-state index in [1.807, 2.05) is 6.07 Å². The van der Waals surface area contributed by atoms with Gasteiger partial charge in [-0.1, -0.05) is 0 Å². The highest BCUT2D eigenvalue weighted by atomic mass is 32.1. The lowest BCUT2D eigenvalue weighted by molar-refractivity contribution is 0.352. The van der Waals surface area contributed by atoms with Crippen molar-refractivity contribution >= 4 is 34.9 Å². The van der Waals surface area contributed by atoms with Crippen LogP contribution in [0.15, 0.2) is 6.07 Å². The van der Waals surface area contributed by atoms with Crippen molar-refractivity contribution < 1.29 is 0 Å². The number of hydrogen-bond donors (Lipinski definition) is 3. The lowest BCUT2D eigenvalue weighted by Gasteiger charge is -2.25. The molecule has 0 saturated carbocycles. The summed E-state index contributed by atoms with van der Waals surface area (Å²) in [6.07, 6.45) is 0. The Morgan fingerprint density at radius 3 is 2.15 bits per heavy atom. The third-order valence-corrected chi connectivity index (χ3v) is 4.57. The molecule has 27 heavy (non-hydrogen) atoms. The first kappa shape index (κ1) is 23.2. The van der Waals surface area contributed by atoms with Gasteiger partial charge in [0.1, 0.15) is 11.6 Å². The monoisotopic (exact) mass is 396 g/mol. The summed E-state index contributed by atoms with van der Waals surface area (Å²) in [5, 5.41) is 6.75. The summed E-state index contributed by atoms with van der Waals surface area (Å²) >= 11 is 4.82. The fourth-order valence-corrected chi connectivity index (χ4v) is 2.83. The second-order valence-electron chi connectivity index (χ2n) is 6.28. The quantitative estimate of drug-likeness (QED) is 0.428. The minimum atomic E-state index is 0.343. The molecular weight excluding hydrogens is 360 g/mol. The maximum atomic E-state index is 5.44. The first-order valence-corrected chi connectivity index (χ1v) is 10.2. The van der Waals surface area contributed by atoms with Gasteiger partial charge >= 0.3 is 0 Å². The Balaban J connectivity index is 2.75. The van der Waals surface area contributed by atoms with Gasteiger partial charge in [-0.05, 0) is 47.0 Å². The summed E-state index contributed by atoms with van der Waals surface area (Å²) in [6, 6.07) is 2.04. The van der Waals surface area contributed by atoms with Crippen molar-refractivity contribution in [2.45, 2.75) is 27.7 Å². The van der Waals surface area contributed by atoms with Gasteiger partial charge in [0.15, 0.2) is 5.11 Å². The summed E-state index contributed by atoms with van der Waals surface area (Å²) in [6.45, 7) is 15.5. The number of nitrogens with two attached hydrogens (primary N) is 1. The largest absolute Gasteiger partial charge is 0.376 e. The van der Waals surface area contributed by atoms with Gasteiger partial charge in [-0.2, -0.15) is 9.97 Å². The highest BCUT2D eigenvalue weighted by Gasteiger charge is 2.13. The standard InChI is InChI=1S/C18H36N8S/c1-6-25(7-2)16-14-15(22-18(23-16)26(8-3)9-4)20-10-12-24(5)13-11-21-17(19)27/h14H,6-13H2,1-5H3,(H3,19,21,27)(H,20,22,23). The van der Waals surface area contributed by atoms with Gasteiger partial charge in [0, 0.05) is 58.4 Å². The zero-order chi connectivity index (χ0) is 20.2. The maximum absolute atomic E-state index is 5.44. The van der Waals surface area contributed by atoms with E-state index in [2.05, 4.69) is 60.1 Å². The van der Waals surface area contributed by atoms with E-state index >= 15 is 0 Å². The predicted octanol–water partition coefficient (Wildman–Crippen LogP) is 1.35. The SMILES string of the molecule is CCN(CC)c1cc(NCCN(C)CCNC(N)=S)nc(N(CC)CC)n1. The second kappa shape index (κ2) is 12.5. The van der Waals surface area contributed by atoms with E-state index in [4.69, 9.17) is 27.9 Å². The number of likely N-dealkylation sites (N-methyl/N-ethyl adjacent to an activating group) is 1. The Morgan fingerprint density at radius 1 is 1.00 bits per heavy atom. The summed E-state index contributed by atoms with van der Waals surface area (Å²) in [5.41, 5.74) is 5.44. The van der Waals surface area contributed by atoms with Gasteiger partial charge in [0.25, 0.3) is 0 Å². The molecule has 1 heterocycles. The van der Waals surface area contributed by atoms with Crippen molar-refractivity contribution in [3.05, 3.63) is 6.07 Å². The Labute approximate surface area is 169 Å². The number of nitrogens with one attached hydrogen (secondary N) is 2. The average molecular weight is 397 g/mol. The Bertz CT molecular complexity index is 530. The van der Waals surface area contributed by atoms with Crippen LogP contribution in [-0.4, -0.2) is 79.4 Å². The van der Waals surface area contributed by atoms with Crippen LogP contribution in [0, 0.1) is 0 Å². The molecule has 0 bridgehead atoms. The van der Waals surface area contributed by atoms with E-state index in [0.717, 1.165) is 69.9 Å². The number of rotatable bonds is 13. The predicted molar refractivity (Wildman–Crippen MR) is 120 cm³/mol. The summed E-state index contributed by atoms with van der Waals surface area (Å²) in [7, 11) is 2.07. The van der Waals surface area contributed by atoms with Crippen molar-refractivity contribution in [3.63, 3.8) is 0 Å². The minimum Gasteiger partial charge on any atom is -0.376 e. The summed E-state index contributed by atoms with van der Waals surface area (Å²) in [4.78, 5) is 16.1. The van der Waals surface area contributed by atoms with Crippen LogP contribution < -0.4 is 26.2 Å². The van der Waals surface area contributed by atoms with E-state index in [-0.39, 0.29) is 0 Å². The molecule has 0 radical (unpaired) electrons. The molecule has 0 spiro atoms. The molecule has 4 N–H and O–H groups in total. The van der Waals surface area contributed by atoms with Crippen molar-refractivity contribution in [3.8, 4) is 0 Å². The highest BCUT2D eigenvalue weighted by Crippen LogP contribution is 2.20. The van der Waals surface area contributed by atoms with E-state index < -0.39 is 0 Å². The molecule has 0 aromatic carbocycles. The number of aromatic nitrogens is 2. The topological polar surface area (TPSA) is 85.6 Å². The highest BCUT2D eigenvalue weighted by molar-refractivity contribution is 7.80. The van der Waals surface area contributed by atoms with Crippen molar-refractivity contribution in [1.29, 1.82) is 0 Å². The third kappa shape index (κ3) is 8.13. The molecule has 1 aromatic rings. The number of anilines is 3. The van der Waals surface area contributed by atoms with Gasteiger partial charge in [0.2, 0.25) is 5.95 Å². The van der Waals surface area contributed by atoms with Crippen LogP contribution in [0.1, 0.15) is 27.7 Å². The van der Waals surface area contributed by atoms with Gasteiger partial charge < -0.3 is 31.1 Å². The molecule has 0 saturated heterocycles. The molecule has 0 aliphatic carbocycles. The lowest BCUT2D eigenvalue weighted by Crippen LogP contribution is -2.37. The van der Waals surface area contributed by atoms with Crippen LogP contribution in [-0.2, 0) is 0 Å². The molecule has 0 amide bonds. The van der Waals surface area contributed by atoms with Gasteiger partial charge in [-0.15, -0.1) is 0 Å². The molecule has 0 aliphatic rings. The van der Waals surface area contributed by atoms with E-state index in [0.29, 0.717) is 5.11 Å². The minimum absolute atomic E-state index is 0.343. The van der Waals surface area contributed by atoms with Gasteiger partial charge in [0.05, 0.1) is 0 Å². The first-order chi connectivity index (χ1) is 12.9.